The number of fused-ring (bicyclic) bond motifs is 1. The first-order chi connectivity index (χ1) is 11.0. The highest BCUT2D eigenvalue weighted by molar-refractivity contribution is 9.10. The van der Waals surface area contributed by atoms with Crippen molar-refractivity contribution in [1.82, 2.24) is 9.97 Å². The van der Waals surface area contributed by atoms with Gasteiger partial charge in [0.05, 0.1) is 16.5 Å². The van der Waals surface area contributed by atoms with Gasteiger partial charge in [-0.3, -0.25) is 4.79 Å². The molecule has 23 heavy (non-hydrogen) atoms. The second-order valence-electron chi connectivity index (χ2n) is 5.02. The maximum atomic E-state index is 12.1. The molecule has 0 spiro atoms. The molecule has 0 aliphatic rings. The topological polar surface area (TPSA) is 72.0 Å². The summed E-state index contributed by atoms with van der Waals surface area (Å²) in [5, 5.41) is 0.502. The normalized spacial score (nSPS) is 12.1. The van der Waals surface area contributed by atoms with E-state index in [2.05, 4.69) is 25.9 Å². The lowest BCUT2D eigenvalue weighted by molar-refractivity contribution is 0.0320. The van der Waals surface area contributed by atoms with Gasteiger partial charge in [0.1, 0.15) is 0 Å². The van der Waals surface area contributed by atoms with Crippen molar-refractivity contribution in [3.8, 4) is 0 Å². The maximum absolute atomic E-state index is 12.1. The van der Waals surface area contributed by atoms with Crippen molar-refractivity contribution in [2.75, 3.05) is 0 Å². The minimum absolute atomic E-state index is 0.253. The van der Waals surface area contributed by atoms with Crippen molar-refractivity contribution in [2.45, 2.75) is 13.0 Å². The van der Waals surface area contributed by atoms with E-state index in [4.69, 9.17) is 4.74 Å². The van der Waals surface area contributed by atoms with E-state index in [1.54, 1.807) is 55.5 Å². The van der Waals surface area contributed by atoms with E-state index in [0.717, 1.165) is 4.47 Å². The summed E-state index contributed by atoms with van der Waals surface area (Å²) >= 11 is 3.31. The van der Waals surface area contributed by atoms with E-state index in [9.17, 15) is 9.59 Å². The van der Waals surface area contributed by atoms with Crippen molar-refractivity contribution in [1.29, 1.82) is 0 Å². The summed E-state index contributed by atoms with van der Waals surface area (Å²) in [7, 11) is 0. The molecule has 1 N–H and O–H groups in total. The molecular weight excluding hydrogens is 360 g/mol. The Hall–Kier alpha value is -2.47. The molecule has 0 amide bonds. The van der Waals surface area contributed by atoms with Crippen LogP contribution in [-0.2, 0) is 4.74 Å². The van der Waals surface area contributed by atoms with E-state index in [1.807, 2.05) is 0 Å². The van der Waals surface area contributed by atoms with Gasteiger partial charge in [-0.2, -0.15) is 0 Å². The van der Waals surface area contributed by atoms with Crippen LogP contribution in [0, 0.1) is 0 Å². The molecule has 0 aliphatic carbocycles. The third-order valence-electron chi connectivity index (χ3n) is 3.38. The van der Waals surface area contributed by atoms with Gasteiger partial charge in [-0.1, -0.05) is 28.1 Å². The maximum Gasteiger partial charge on any atom is 0.338 e. The van der Waals surface area contributed by atoms with Crippen molar-refractivity contribution in [3.63, 3.8) is 0 Å². The van der Waals surface area contributed by atoms with Gasteiger partial charge in [-0.25, -0.2) is 9.78 Å². The third-order valence-corrected chi connectivity index (χ3v) is 3.91. The van der Waals surface area contributed by atoms with Gasteiger partial charge in [-0.15, -0.1) is 0 Å². The molecule has 0 saturated carbocycles. The summed E-state index contributed by atoms with van der Waals surface area (Å²) in [5.41, 5.74) is 0.748. The first kappa shape index (κ1) is 15.4. The van der Waals surface area contributed by atoms with Crippen molar-refractivity contribution >= 4 is 32.8 Å². The van der Waals surface area contributed by atoms with Crippen LogP contribution in [0.5, 0.6) is 0 Å². The van der Waals surface area contributed by atoms with Gasteiger partial charge in [0, 0.05) is 4.47 Å². The summed E-state index contributed by atoms with van der Waals surface area (Å²) in [5.74, 6) is -0.153. The van der Waals surface area contributed by atoms with Crippen LogP contribution in [0.4, 0.5) is 0 Å². The van der Waals surface area contributed by atoms with Crippen LogP contribution in [0.25, 0.3) is 10.9 Å². The zero-order valence-corrected chi connectivity index (χ0v) is 13.8. The Kier molecular flexibility index (Phi) is 4.25. The minimum atomic E-state index is -0.663. The van der Waals surface area contributed by atoms with Crippen LogP contribution in [0.3, 0.4) is 0 Å². The first-order valence-electron chi connectivity index (χ1n) is 7.00. The van der Waals surface area contributed by atoms with Gasteiger partial charge < -0.3 is 9.72 Å². The van der Waals surface area contributed by atoms with Gasteiger partial charge in [0.15, 0.2) is 11.9 Å². The van der Waals surface area contributed by atoms with Crippen LogP contribution in [0.1, 0.15) is 29.2 Å². The van der Waals surface area contributed by atoms with E-state index in [0.29, 0.717) is 22.3 Å². The fourth-order valence-electron chi connectivity index (χ4n) is 2.17. The molecule has 2 aromatic carbocycles. The number of H-pyrrole nitrogens is 1. The number of hydrogen-bond acceptors (Lipinski definition) is 4. The lowest BCUT2D eigenvalue weighted by atomic mass is 10.2. The standard InChI is InChI=1S/C17H13BrN2O3/c1-10(23-17(22)11-6-8-12(18)9-7-11)15-19-14-5-3-2-4-13(14)16(21)20-15/h2-10H,1H3,(H,19,20,21)/t10-/m1/s1. The number of esters is 1. The summed E-state index contributed by atoms with van der Waals surface area (Å²) < 4.78 is 6.26. The smallest absolute Gasteiger partial charge is 0.338 e. The van der Waals surface area contributed by atoms with Crippen molar-refractivity contribution < 1.29 is 9.53 Å². The van der Waals surface area contributed by atoms with Crippen molar-refractivity contribution in [3.05, 3.63) is 74.7 Å². The molecule has 0 fully saturated rings. The molecule has 0 bridgehead atoms. The van der Waals surface area contributed by atoms with E-state index in [-0.39, 0.29) is 5.56 Å². The molecule has 0 aliphatic heterocycles. The Bertz CT molecular complexity index is 919. The fourth-order valence-corrected chi connectivity index (χ4v) is 2.43. The molecule has 1 heterocycles. The highest BCUT2D eigenvalue weighted by Crippen LogP contribution is 2.17. The molecule has 1 aromatic heterocycles. The third kappa shape index (κ3) is 3.32. The summed E-state index contributed by atoms with van der Waals surface area (Å²) in [6.45, 7) is 1.67. The molecule has 0 saturated heterocycles. The van der Waals surface area contributed by atoms with Gasteiger partial charge in [0.2, 0.25) is 0 Å². The molecule has 0 radical (unpaired) electrons. The second kappa shape index (κ2) is 6.34. The number of rotatable bonds is 3. The zero-order chi connectivity index (χ0) is 16.4. The molecule has 1 atom stereocenters. The molecule has 116 valence electrons. The Morgan fingerprint density at radius 1 is 1.17 bits per heavy atom. The average molecular weight is 373 g/mol. The quantitative estimate of drug-likeness (QED) is 0.712. The monoisotopic (exact) mass is 372 g/mol. The zero-order valence-electron chi connectivity index (χ0n) is 12.2. The number of nitrogens with zero attached hydrogens (tertiary/aromatic N) is 1. The van der Waals surface area contributed by atoms with Crippen LogP contribution < -0.4 is 5.56 Å². The second-order valence-corrected chi connectivity index (χ2v) is 5.94. The number of nitrogens with one attached hydrogen (secondary N) is 1. The lowest BCUT2D eigenvalue weighted by Crippen LogP contribution is -2.17. The van der Waals surface area contributed by atoms with Crippen LogP contribution in [0.2, 0.25) is 0 Å². The molecular formula is C17H13BrN2O3. The van der Waals surface area contributed by atoms with Gasteiger partial charge >= 0.3 is 5.97 Å². The molecule has 3 aromatic rings. The molecule has 5 nitrogen and oxygen atoms in total. The first-order valence-corrected chi connectivity index (χ1v) is 7.79. The molecule has 3 rings (SSSR count). The highest BCUT2D eigenvalue weighted by Gasteiger charge is 2.16. The largest absolute Gasteiger partial charge is 0.451 e. The Balaban J connectivity index is 1.85. The van der Waals surface area contributed by atoms with Crippen LogP contribution in [-0.4, -0.2) is 15.9 Å². The molecule has 0 unspecified atom stereocenters. The fraction of sp³-hybridized carbons (Fsp3) is 0.118. The van der Waals surface area contributed by atoms with Gasteiger partial charge in [-0.05, 0) is 43.3 Å². The Labute approximate surface area is 140 Å². The van der Waals surface area contributed by atoms with Crippen LogP contribution >= 0.6 is 15.9 Å². The predicted octanol–water partition coefficient (Wildman–Crippen LogP) is 3.60. The lowest BCUT2D eigenvalue weighted by Gasteiger charge is -2.13. The number of hydrogen-bond donors (Lipinski definition) is 1. The Morgan fingerprint density at radius 3 is 2.61 bits per heavy atom. The number of benzene rings is 2. The highest BCUT2D eigenvalue weighted by atomic mass is 79.9. The average Bonchev–Trinajstić information content (AvgIpc) is 2.55. The summed E-state index contributed by atoms with van der Waals surface area (Å²) in [6.07, 6.45) is -0.663. The van der Waals surface area contributed by atoms with Gasteiger partial charge in [0.25, 0.3) is 5.56 Å². The van der Waals surface area contributed by atoms with E-state index < -0.39 is 12.1 Å². The van der Waals surface area contributed by atoms with Crippen LogP contribution in [0.15, 0.2) is 57.8 Å². The number of carbonyl (C=O) groups is 1. The number of aromatic nitrogens is 2. The number of halogens is 1. The number of ether oxygens (including phenoxy) is 1. The van der Waals surface area contributed by atoms with Crippen molar-refractivity contribution in [2.24, 2.45) is 0 Å². The molecule has 6 heteroatoms. The number of aromatic amines is 1. The summed E-state index contributed by atoms with van der Waals surface area (Å²) in [4.78, 5) is 31.2. The van der Waals surface area contributed by atoms with E-state index in [1.165, 1.54) is 0 Å². The number of para-hydroxylation sites is 1. The number of carbonyl (C=O) groups excluding carboxylic acids is 1. The Morgan fingerprint density at radius 2 is 1.87 bits per heavy atom. The van der Waals surface area contributed by atoms with E-state index >= 15 is 0 Å². The minimum Gasteiger partial charge on any atom is -0.451 e. The SMILES string of the molecule is C[C@@H](OC(=O)c1ccc(Br)cc1)c1nc2ccccc2c(=O)[nH]1. The predicted molar refractivity (Wildman–Crippen MR) is 90.3 cm³/mol. The summed E-state index contributed by atoms with van der Waals surface area (Å²) in [6, 6.07) is 13.9.